The van der Waals surface area contributed by atoms with Crippen LogP contribution in [-0.2, 0) is 10.0 Å². The Morgan fingerprint density at radius 3 is 2.08 bits per heavy atom. The van der Waals surface area contributed by atoms with Crippen LogP contribution >= 0.6 is 22.9 Å². The monoisotopic (exact) mass is 441 g/mol. The van der Waals surface area contributed by atoms with Gasteiger partial charge in [0, 0.05) is 6.07 Å². The number of hydrogen-bond acceptors (Lipinski definition) is 3. The summed E-state index contributed by atoms with van der Waals surface area (Å²) in [6, 6.07) is 1.79. The van der Waals surface area contributed by atoms with Crippen molar-refractivity contribution in [1.82, 2.24) is 4.72 Å². The first-order chi connectivity index (χ1) is 11.4. The van der Waals surface area contributed by atoms with Crippen molar-refractivity contribution in [3.05, 3.63) is 58.8 Å². The van der Waals surface area contributed by atoms with Crippen molar-refractivity contribution in [1.29, 1.82) is 0 Å². The molecule has 0 radical (unpaired) electrons. The van der Waals surface area contributed by atoms with Crippen LogP contribution in [0.25, 0.3) is 0 Å². The van der Waals surface area contributed by atoms with E-state index < -0.39 is 45.4 Å². The predicted molar refractivity (Wildman–Crippen MR) is 83.9 cm³/mol. The molecule has 2 atom stereocenters. The maximum absolute atomic E-state index is 13.4. The first-order valence-corrected chi connectivity index (χ1v) is 9.21. The molecule has 1 heterocycles. The summed E-state index contributed by atoms with van der Waals surface area (Å²) >= 11 is 6.26. The van der Waals surface area contributed by atoms with Gasteiger partial charge < -0.3 is 6.92 Å². The maximum Gasteiger partial charge on any atom is 1.00 e. The molecule has 1 aromatic heterocycles. The quantitative estimate of drug-likeness (QED) is 0.434. The van der Waals surface area contributed by atoms with E-state index in [9.17, 15) is 30.4 Å². The van der Waals surface area contributed by atoms with Gasteiger partial charge in [0.05, 0.1) is 10.3 Å². The molecule has 26 heavy (non-hydrogen) atoms. The van der Waals surface area contributed by atoms with E-state index >= 15 is 0 Å². The van der Waals surface area contributed by atoms with Crippen LogP contribution in [0.15, 0.2) is 34.5 Å². The molecule has 12 heteroatoms. The molecule has 0 bridgehead atoms. The zero-order chi connectivity index (χ0) is 19.0. The summed E-state index contributed by atoms with van der Waals surface area (Å²) in [4.78, 5) is 0. The minimum Gasteiger partial charge on any atom is -0.325 e. The van der Waals surface area contributed by atoms with Crippen LogP contribution in [0.5, 0.6) is 0 Å². The number of alkyl halides is 3. The second-order valence-corrected chi connectivity index (χ2v) is 8.66. The molecule has 0 aliphatic rings. The van der Waals surface area contributed by atoms with E-state index in [-0.39, 0.29) is 38.1 Å². The van der Waals surface area contributed by atoms with Gasteiger partial charge in [-0.15, -0.1) is 11.3 Å². The Bertz CT molecular complexity index is 852. The van der Waals surface area contributed by atoms with Crippen LogP contribution in [-0.4, -0.2) is 20.6 Å². The Morgan fingerprint density at radius 1 is 1.12 bits per heavy atom. The molecule has 1 N–H and O–H groups in total. The molecule has 0 aliphatic carbocycles. The van der Waals surface area contributed by atoms with Gasteiger partial charge in [0.1, 0.15) is 15.8 Å². The summed E-state index contributed by atoms with van der Waals surface area (Å²) in [6.07, 6.45) is -5.00. The van der Waals surface area contributed by atoms with E-state index in [0.29, 0.717) is 29.5 Å². The number of thiophene rings is 1. The number of benzene rings is 1. The van der Waals surface area contributed by atoms with Gasteiger partial charge in [0.25, 0.3) is 0 Å². The van der Waals surface area contributed by atoms with Gasteiger partial charge in [-0.05, 0) is 29.8 Å². The van der Waals surface area contributed by atoms with Gasteiger partial charge in [-0.3, -0.25) is 0 Å². The average molecular weight is 442 g/mol. The normalized spacial score (nSPS) is 14.6. The largest absolute Gasteiger partial charge is 1.00 e. The van der Waals surface area contributed by atoms with Crippen molar-refractivity contribution in [2.75, 3.05) is 0 Å². The average Bonchev–Trinajstić information content (AvgIpc) is 2.82. The molecule has 138 valence electrons. The number of halogens is 6. The fraction of sp³-hybridized carbons (Fsp3) is 0.214. The van der Waals surface area contributed by atoms with Gasteiger partial charge in [-0.2, -0.15) is 13.2 Å². The maximum atomic E-state index is 13.4. The van der Waals surface area contributed by atoms with Crippen molar-refractivity contribution in [3.63, 3.8) is 0 Å². The van der Waals surface area contributed by atoms with E-state index in [0.717, 1.165) is 6.07 Å². The van der Waals surface area contributed by atoms with Gasteiger partial charge in [-0.25, -0.2) is 21.9 Å². The summed E-state index contributed by atoms with van der Waals surface area (Å²) in [5, 5.41) is 0. The summed E-state index contributed by atoms with van der Waals surface area (Å²) in [5.74, 6) is -4.99. The summed E-state index contributed by atoms with van der Waals surface area (Å²) in [7, 11) is -4.34. The smallest absolute Gasteiger partial charge is 0.325 e. The standard InChI is InChI=1S/C14H10ClF5NO2S2.Na/c1-7(21-25(22,23)12-3-2-11(15)24-12)13(14(18,19)20)8-4-9(16)6-10(17)5-8;/h2-7,13,21H,1H2;/q-1;+1/t7-,13+;/m1./s1. The van der Waals surface area contributed by atoms with Crippen LogP contribution in [0.2, 0.25) is 4.34 Å². The van der Waals surface area contributed by atoms with E-state index in [2.05, 4.69) is 6.92 Å². The van der Waals surface area contributed by atoms with E-state index in [1.165, 1.54) is 6.07 Å². The Kier molecular flexibility index (Phi) is 8.10. The number of hydrogen-bond donors (Lipinski definition) is 1. The summed E-state index contributed by atoms with van der Waals surface area (Å²) < 4.78 is 92.5. The number of nitrogens with one attached hydrogen (secondary N) is 1. The van der Waals surface area contributed by atoms with Crippen LogP contribution in [0.4, 0.5) is 22.0 Å². The third kappa shape index (κ3) is 5.88. The zero-order valence-corrected chi connectivity index (χ0v) is 17.5. The molecule has 0 aliphatic heterocycles. The minimum absolute atomic E-state index is 0. The van der Waals surface area contributed by atoms with Crippen LogP contribution < -0.4 is 34.3 Å². The van der Waals surface area contributed by atoms with Gasteiger partial charge in [-0.1, -0.05) is 17.6 Å². The molecule has 2 rings (SSSR count). The van der Waals surface area contributed by atoms with E-state index in [1.807, 2.05) is 0 Å². The molecule has 0 fully saturated rings. The molecule has 0 saturated heterocycles. The number of rotatable bonds is 5. The summed E-state index contributed by atoms with van der Waals surface area (Å²) in [5.41, 5.74) is -0.781. The molecular weight excluding hydrogens is 432 g/mol. The van der Waals surface area contributed by atoms with Crippen LogP contribution in [0, 0.1) is 18.6 Å². The van der Waals surface area contributed by atoms with Crippen molar-refractivity contribution >= 4 is 33.0 Å². The predicted octanol–water partition coefficient (Wildman–Crippen LogP) is 1.51. The minimum atomic E-state index is -5.00. The van der Waals surface area contributed by atoms with E-state index in [4.69, 9.17) is 11.6 Å². The van der Waals surface area contributed by atoms with Crippen molar-refractivity contribution in [2.45, 2.75) is 22.3 Å². The van der Waals surface area contributed by atoms with Crippen molar-refractivity contribution < 1.29 is 59.9 Å². The molecule has 0 spiro atoms. The Morgan fingerprint density at radius 2 is 1.65 bits per heavy atom. The third-order valence-electron chi connectivity index (χ3n) is 3.12. The van der Waals surface area contributed by atoms with E-state index in [1.54, 1.807) is 4.72 Å². The van der Waals surface area contributed by atoms with Crippen LogP contribution in [0.1, 0.15) is 11.5 Å². The first kappa shape index (κ1) is 23.8. The SMILES string of the molecule is [CH2-][C@@H](NS(=O)(=O)c1ccc(Cl)s1)[C@@H](c1cc(F)cc(F)c1)C(F)(F)F.[Na+]. The van der Waals surface area contributed by atoms with Crippen molar-refractivity contribution in [3.8, 4) is 0 Å². The van der Waals surface area contributed by atoms with Crippen LogP contribution in [0.3, 0.4) is 0 Å². The Balaban J connectivity index is 0.00000338. The second-order valence-electron chi connectivity index (χ2n) is 5.01. The third-order valence-corrected chi connectivity index (χ3v) is 6.33. The summed E-state index contributed by atoms with van der Waals surface area (Å²) in [6.45, 7) is 3.17. The molecule has 0 unspecified atom stereocenters. The molecule has 0 saturated carbocycles. The molecule has 1 aromatic carbocycles. The Labute approximate surface area is 177 Å². The molecule has 2 aromatic rings. The second kappa shape index (κ2) is 8.85. The first-order valence-electron chi connectivity index (χ1n) is 6.53. The molecule has 3 nitrogen and oxygen atoms in total. The van der Waals surface area contributed by atoms with Gasteiger partial charge >= 0.3 is 35.7 Å². The molecule has 0 amide bonds. The number of sulfonamides is 1. The fourth-order valence-electron chi connectivity index (χ4n) is 2.17. The van der Waals surface area contributed by atoms with Gasteiger partial charge in [0.15, 0.2) is 0 Å². The fourth-order valence-corrected chi connectivity index (χ4v) is 4.84. The topological polar surface area (TPSA) is 46.2 Å². The van der Waals surface area contributed by atoms with Gasteiger partial charge in [0.2, 0.25) is 10.0 Å². The Hall–Kier alpha value is -0.230. The molecular formula is C14H10ClF5NNaO2S2. The zero-order valence-electron chi connectivity index (χ0n) is 13.1. The van der Waals surface area contributed by atoms with Crippen molar-refractivity contribution in [2.24, 2.45) is 0 Å².